The van der Waals surface area contributed by atoms with Gasteiger partial charge in [-0.05, 0) is 72.1 Å². The second kappa shape index (κ2) is 9.04. The molecule has 1 aliphatic carbocycles. The summed E-state index contributed by atoms with van der Waals surface area (Å²) >= 11 is 0. The summed E-state index contributed by atoms with van der Waals surface area (Å²) in [6.45, 7) is 12.8. The first-order chi connectivity index (χ1) is 9.90. The highest BCUT2D eigenvalue weighted by Crippen LogP contribution is 2.26. The van der Waals surface area contributed by atoms with Gasteiger partial charge in [0.15, 0.2) is 0 Å². The van der Waals surface area contributed by atoms with Gasteiger partial charge in [-0.3, -0.25) is 0 Å². The molecule has 0 heterocycles. The Hall–Kier alpha value is -1.08. The lowest BCUT2D eigenvalue weighted by Crippen LogP contribution is -2.10. The lowest BCUT2D eigenvalue weighted by atomic mass is 9.87. The number of hydrogen-bond donors (Lipinski definition) is 1. The summed E-state index contributed by atoms with van der Waals surface area (Å²) in [4.78, 5) is 0. The van der Waals surface area contributed by atoms with E-state index < -0.39 is 0 Å². The van der Waals surface area contributed by atoms with Crippen LogP contribution in [0, 0.1) is 5.92 Å². The summed E-state index contributed by atoms with van der Waals surface area (Å²) < 4.78 is 0. The maximum atomic E-state index is 10.2. The second-order valence-electron chi connectivity index (χ2n) is 6.63. The van der Waals surface area contributed by atoms with Crippen molar-refractivity contribution in [1.82, 2.24) is 0 Å². The van der Waals surface area contributed by atoms with Crippen LogP contribution in [0.4, 0.5) is 0 Å². The predicted octanol–water partition coefficient (Wildman–Crippen LogP) is 5.73. The van der Waals surface area contributed by atoms with Crippen LogP contribution in [0.25, 0.3) is 0 Å². The molecule has 0 radical (unpaired) electrons. The van der Waals surface area contributed by atoms with Gasteiger partial charge in [-0.1, -0.05) is 47.1 Å². The van der Waals surface area contributed by atoms with E-state index in [1.807, 2.05) is 6.08 Å². The van der Waals surface area contributed by atoms with E-state index in [2.05, 4.69) is 46.4 Å². The van der Waals surface area contributed by atoms with Gasteiger partial charge in [0.05, 0.1) is 6.10 Å². The molecular formula is C20H32O. The van der Waals surface area contributed by atoms with Crippen molar-refractivity contribution in [3.63, 3.8) is 0 Å². The van der Waals surface area contributed by atoms with E-state index in [0.29, 0.717) is 5.92 Å². The van der Waals surface area contributed by atoms with E-state index in [1.165, 1.54) is 22.3 Å². The fraction of sp³-hybridized carbons (Fsp3) is 0.600. The Morgan fingerprint density at radius 2 is 1.67 bits per heavy atom. The van der Waals surface area contributed by atoms with Crippen LogP contribution in [0.2, 0.25) is 0 Å². The molecule has 0 fully saturated rings. The number of rotatable bonds is 1. The highest BCUT2D eigenvalue weighted by molar-refractivity contribution is 5.17. The minimum absolute atomic E-state index is 0.326. The van der Waals surface area contributed by atoms with Crippen molar-refractivity contribution in [1.29, 1.82) is 0 Å². The monoisotopic (exact) mass is 288 g/mol. The Bertz CT molecular complexity index is 437. The van der Waals surface area contributed by atoms with Gasteiger partial charge in [0.25, 0.3) is 0 Å². The maximum absolute atomic E-state index is 10.2. The molecule has 1 aliphatic rings. The summed E-state index contributed by atoms with van der Waals surface area (Å²) in [6.07, 6.45) is 12.6. The fourth-order valence-electron chi connectivity index (χ4n) is 3.01. The van der Waals surface area contributed by atoms with E-state index >= 15 is 0 Å². The van der Waals surface area contributed by atoms with Crippen molar-refractivity contribution in [2.75, 3.05) is 0 Å². The first kappa shape index (κ1) is 18.0. The average molecular weight is 288 g/mol. The first-order valence-electron chi connectivity index (χ1n) is 8.23. The van der Waals surface area contributed by atoms with Gasteiger partial charge in [-0.2, -0.15) is 0 Å². The molecule has 0 aromatic heterocycles. The largest absolute Gasteiger partial charge is 0.389 e. The van der Waals surface area contributed by atoms with Crippen molar-refractivity contribution in [2.45, 2.75) is 72.3 Å². The molecule has 1 N–H and O–H groups in total. The number of aliphatic hydroxyl groups is 1. The lowest BCUT2D eigenvalue weighted by molar-refractivity contribution is 0.204. The van der Waals surface area contributed by atoms with Crippen LogP contribution in [0.3, 0.4) is 0 Å². The molecule has 1 rings (SSSR count). The molecule has 118 valence electrons. The third-order valence-electron chi connectivity index (χ3n) is 4.41. The SMILES string of the molecule is C=C(C)[C@@H]1CC[C@H](O)/C=C(\C)CC/C=C(\C)CC/C=C/1C. The van der Waals surface area contributed by atoms with Crippen LogP contribution in [-0.2, 0) is 0 Å². The molecule has 21 heavy (non-hydrogen) atoms. The summed E-state index contributed by atoms with van der Waals surface area (Å²) in [5.74, 6) is 0.403. The molecule has 0 spiro atoms. The lowest BCUT2D eigenvalue weighted by Gasteiger charge is -2.20. The molecule has 2 atom stereocenters. The van der Waals surface area contributed by atoms with Gasteiger partial charge in [0.2, 0.25) is 0 Å². The Morgan fingerprint density at radius 1 is 1.05 bits per heavy atom. The van der Waals surface area contributed by atoms with Gasteiger partial charge in [0, 0.05) is 0 Å². The van der Waals surface area contributed by atoms with E-state index in [-0.39, 0.29) is 6.10 Å². The number of allylic oxidation sites excluding steroid dienone is 6. The van der Waals surface area contributed by atoms with E-state index in [0.717, 1.165) is 38.5 Å². The Labute approximate surface area is 131 Å². The van der Waals surface area contributed by atoms with E-state index in [4.69, 9.17) is 0 Å². The highest BCUT2D eigenvalue weighted by Gasteiger charge is 2.14. The molecule has 0 amide bonds. The van der Waals surface area contributed by atoms with Crippen LogP contribution >= 0.6 is 0 Å². The van der Waals surface area contributed by atoms with Crippen LogP contribution in [0.5, 0.6) is 0 Å². The van der Waals surface area contributed by atoms with E-state index in [1.54, 1.807) is 0 Å². The smallest absolute Gasteiger partial charge is 0.0723 e. The average Bonchev–Trinajstić information content (AvgIpc) is 2.37. The Morgan fingerprint density at radius 3 is 2.33 bits per heavy atom. The zero-order chi connectivity index (χ0) is 15.8. The summed E-state index contributed by atoms with van der Waals surface area (Å²) in [7, 11) is 0. The molecular weight excluding hydrogens is 256 g/mol. The summed E-state index contributed by atoms with van der Waals surface area (Å²) in [6, 6.07) is 0. The molecule has 0 saturated heterocycles. The predicted molar refractivity (Wildman–Crippen MR) is 93.3 cm³/mol. The van der Waals surface area contributed by atoms with Crippen molar-refractivity contribution in [3.05, 3.63) is 47.1 Å². The van der Waals surface area contributed by atoms with E-state index in [9.17, 15) is 5.11 Å². The standard InChI is InChI=1S/C20H32O/c1-15(2)20-13-12-19(21)14-17(4)10-6-8-16(3)9-7-11-18(20)5/h8,11,14,19-21H,1,6-7,9-10,12-13H2,2-5H3/b16-8+,17-14+,18-11+/t19-,20-/m0/s1. The molecule has 0 saturated carbocycles. The van der Waals surface area contributed by atoms with Crippen LogP contribution in [0.15, 0.2) is 47.1 Å². The quantitative estimate of drug-likeness (QED) is 0.611. The Balaban J connectivity index is 2.90. The molecule has 0 unspecified atom stereocenters. The van der Waals surface area contributed by atoms with Gasteiger partial charge in [-0.25, -0.2) is 0 Å². The fourth-order valence-corrected chi connectivity index (χ4v) is 3.01. The van der Waals surface area contributed by atoms with Crippen molar-refractivity contribution in [3.8, 4) is 0 Å². The zero-order valence-electron chi connectivity index (χ0n) is 14.3. The van der Waals surface area contributed by atoms with Crippen molar-refractivity contribution < 1.29 is 5.11 Å². The van der Waals surface area contributed by atoms with Crippen LogP contribution in [0.1, 0.15) is 66.2 Å². The molecule has 0 bridgehead atoms. The van der Waals surface area contributed by atoms with Crippen molar-refractivity contribution in [2.24, 2.45) is 5.92 Å². The van der Waals surface area contributed by atoms with Crippen LogP contribution < -0.4 is 0 Å². The van der Waals surface area contributed by atoms with Gasteiger partial charge >= 0.3 is 0 Å². The Kier molecular flexibility index (Phi) is 7.74. The van der Waals surface area contributed by atoms with Gasteiger partial charge < -0.3 is 5.11 Å². The highest BCUT2D eigenvalue weighted by atomic mass is 16.3. The van der Waals surface area contributed by atoms with Gasteiger partial charge in [-0.15, -0.1) is 0 Å². The third-order valence-corrected chi connectivity index (χ3v) is 4.41. The molecule has 0 aliphatic heterocycles. The third kappa shape index (κ3) is 6.95. The first-order valence-corrected chi connectivity index (χ1v) is 8.23. The normalized spacial score (nSPS) is 33.7. The molecule has 1 heteroatoms. The minimum Gasteiger partial charge on any atom is -0.389 e. The molecule has 1 nitrogen and oxygen atoms in total. The second-order valence-corrected chi connectivity index (χ2v) is 6.63. The van der Waals surface area contributed by atoms with Gasteiger partial charge in [0.1, 0.15) is 0 Å². The number of hydrogen-bond acceptors (Lipinski definition) is 1. The summed E-state index contributed by atoms with van der Waals surface area (Å²) in [5.41, 5.74) is 5.37. The maximum Gasteiger partial charge on any atom is 0.0723 e. The minimum atomic E-state index is -0.326. The number of aliphatic hydroxyl groups excluding tert-OH is 1. The molecule has 0 aromatic rings. The van der Waals surface area contributed by atoms with Crippen LogP contribution in [-0.4, -0.2) is 11.2 Å². The van der Waals surface area contributed by atoms with Crippen molar-refractivity contribution >= 4 is 0 Å². The summed E-state index contributed by atoms with van der Waals surface area (Å²) in [5, 5.41) is 10.2. The zero-order valence-corrected chi connectivity index (χ0v) is 14.3. The molecule has 0 aromatic carbocycles. The topological polar surface area (TPSA) is 20.2 Å².